The van der Waals surface area contributed by atoms with E-state index in [-0.39, 0.29) is 0 Å². The molecule has 0 radical (unpaired) electrons. The maximum atomic E-state index is 4.34. The summed E-state index contributed by atoms with van der Waals surface area (Å²) in [6.07, 6.45) is 6.96. The first-order valence-electron chi connectivity index (χ1n) is 6.01. The van der Waals surface area contributed by atoms with Crippen molar-refractivity contribution in [1.82, 2.24) is 14.7 Å². The van der Waals surface area contributed by atoms with Gasteiger partial charge in [-0.05, 0) is 31.3 Å². The van der Waals surface area contributed by atoms with Crippen molar-refractivity contribution in [1.29, 1.82) is 0 Å². The zero-order valence-electron chi connectivity index (χ0n) is 9.74. The molecular formula is C11H19N3S2. The summed E-state index contributed by atoms with van der Waals surface area (Å²) < 4.78 is 5.27. The normalized spacial score (nSPS) is 17.8. The number of nitrogens with zero attached hydrogens (tertiary/aromatic N) is 2. The number of aryl methyl sites for hydroxylation is 1. The third kappa shape index (κ3) is 4.03. The highest BCUT2D eigenvalue weighted by atomic mass is 32.2. The van der Waals surface area contributed by atoms with Gasteiger partial charge in [0.05, 0.1) is 0 Å². The Bertz CT molecular complexity index is 308. The van der Waals surface area contributed by atoms with Crippen LogP contribution in [0.4, 0.5) is 0 Å². The number of thioether (sulfide) groups is 1. The molecule has 1 aliphatic rings. The lowest BCUT2D eigenvalue weighted by Crippen LogP contribution is -2.32. The highest BCUT2D eigenvalue weighted by Crippen LogP contribution is 2.20. The van der Waals surface area contributed by atoms with Crippen LogP contribution in [-0.2, 0) is 0 Å². The highest BCUT2D eigenvalue weighted by Gasteiger charge is 2.11. The molecule has 0 aromatic carbocycles. The van der Waals surface area contributed by atoms with Gasteiger partial charge in [0.1, 0.15) is 5.82 Å². The van der Waals surface area contributed by atoms with E-state index in [0.717, 1.165) is 28.5 Å². The van der Waals surface area contributed by atoms with Gasteiger partial charge < -0.3 is 5.32 Å². The second kappa shape index (κ2) is 6.57. The van der Waals surface area contributed by atoms with Crippen LogP contribution in [0.3, 0.4) is 0 Å². The quantitative estimate of drug-likeness (QED) is 0.650. The van der Waals surface area contributed by atoms with Gasteiger partial charge in [0, 0.05) is 18.3 Å². The topological polar surface area (TPSA) is 37.8 Å². The zero-order valence-corrected chi connectivity index (χ0v) is 11.4. The fourth-order valence-electron chi connectivity index (χ4n) is 2.04. The summed E-state index contributed by atoms with van der Waals surface area (Å²) in [5.41, 5.74) is 0. The van der Waals surface area contributed by atoms with Crippen LogP contribution in [0, 0.1) is 6.92 Å². The van der Waals surface area contributed by atoms with Crippen molar-refractivity contribution < 1.29 is 0 Å². The van der Waals surface area contributed by atoms with Crippen LogP contribution in [-0.4, -0.2) is 27.7 Å². The van der Waals surface area contributed by atoms with Gasteiger partial charge in [-0.15, -0.1) is 0 Å². The number of rotatable bonds is 5. The molecule has 3 nitrogen and oxygen atoms in total. The third-order valence-electron chi connectivity index (χ3n) is 2.87. The number of nitrogens with one attached hydrogen (secondary N) is 1. The van der Waals surface area contributed by atoms with E-state index in [1.165, 1.54) is 43.6 Å². The van der Waals surface area contributed by atoms with E-state index >= 15 is 0 Å². The molecule has 0 spiro atoms. The van der Waals surface area contributed by atoms with Crippen molar-refractivity contribution in [2.75, 3.05) is 12.3 Å². The van der Waals surface area contributed by atoms with E-state index < -0.39 is 0 Å². The minimum Gasteiger partial charge on any atom is -0.313 e. The van der Waals surface area contributed by atoms with Gasteiger partial charge in [-0.25, -0.2) is 4.98 Å². The Balaban J connectivity index is 1.57. The molecular weight excluding hydrogens is 238 g/mol. The van der Waals surface area contributed by atoms with E-state index in [4.69, 9.17) is 0 Å². The molecule has 0 aliphatic heterocycles. The molecule has 5 heteroatoms. The molecule has 1 saturated carbocycles. The fraction of sp³-hybridized carbons (Fsp3) is 0.818. The number of hydrogen-bond donors (Lipinski definition) is 1. The van der Waals surface area contributed by atoms with Crippen LogP contribution in [0.1, 0.15) is 37.9 Å². The minimum atomic E-state index is 0.769. The second-order valence-electron chi connectivity index (χ2n) is 4.25. The summed E-state index contributed by atoms with van der Waals surface area (Å²) in [4.78, 5) is 4.34. The molecule has 2 rings (SSSR count). The first kappa shape index (κ1) is 12.3. The lowest BCUT2D eigenvalue weighted by Gasteiger charge is -2.22. The molecule has 1 aromatic rings. The first-order chi connectivity index (χ1) is 7.84. The summed E-state index contributed by atoms with van der Waals surface area (Å²) in [6.45, 7) is 3.04. The van der Waals surface area contributed by atoms with Gasteiger partial charge in [-0.1, -0.05) is 31.0 Å². The summed E-state index contributed by atoms with van der Waals surface area (Å²) >= 11 is 3.32. The molecule has 0 saturated heterocycles. The SMILES string of the molecule is Cc1nsc(SCCNC2CCCCC2)n1. The fourth-order valence-corrected chi connectivity index (χ4v) is 3.63. The van der Waals surface area contributed by atoms with Gasteiger partial charge in [0.15, 0.2) is 4.34 Å². The van der Waals surface area contributed by atoms with Crippen molar-refractivity contribution in [3.05, 3.63) is 5.82 Å². The molecule has 90 valence electrons. The van der Waals surface area contributed by atoms with Crippen molar-refractivity contribution in [3.8, 4) is 0 Å². The van der Waals surface area contributed by atoms with Gasteiger partial charge >= 0.3 is 0 Å². The van der Waals surface area contributed by atoms with Gasteiger partial charge in [0.2, 0.25) is 0 Å². The van der Waals surface area contributed by atoms with Crippen molar-refractivity contribution >= 4 is 23.3 Å². The van der Waals surface area contributed by atoms with Gasteiger partial charge in [-0.3, -0.25) is 0 Å². The summed E-state index contributed by atoms with van der Waals surface area (Å²) in [5.74, 6) is 2.00. The Kier molecular flexibility index (Phi) is 5.06. The third-order valence-corrected chi connectivity index (χ3v) is 4.80. The Morgan fingerprint density at radius 3 is 2.88 bits per heavy atom. The van der Waals surface area contributed by atoms with E-state index in [1.54, 1.807) is 0 Å². The Labute approximate surface area is 106 Å². The summed E-state index contributed by atoms with van der Waals surface area (Å²) in [6, 6.07) is 0.769. The monoisotopic (exact) mass is 257 g/mol. The number of hydrogen-bond acceptors (Lipinski definition) is 5. The highest BCUT2D eigenvalue weighted by molar-refractivity contribution is 8.00. The first-order valence-corrected chi connectivity index (χ1v) is 7.77. The largest absolute Gasteiger partial charge is 0.313 e. The van der Waals surface area contributed by atoms with E-state index in [0.29, 0.717) is 0 Å². The van der Waals surface area contributed by atoms with Crippen LogP contribution in [0.25, 0.3) is 0 Å². The van der Waals surface area contributed by atoms with Crippen molar-refractivity contribution in [2.45, 2.75) is 49.4 Å². The van der Waals surface area contributed by atoms with E-state index in [2.05, 4.69) is 14.7 Å². The molecule has 0 bridgehead atoms. The smallest absolute Gasteiger partial charge is 0.170 e. The summed E-state index contributed by atoms with van der Waals surface area (Å²) in [7, 11) is 0. The minimum absolute atomic E-state index is 0.769. The maximum Gasteiger partial charge on any atom is 0.170 e. The molecule has 1 fully saturated rings. The number of aromatic nitrogens is 2. The van der Waals surface area contributed by atoms with Crippen LogP contribution in [0.2, 0.25) is 0 Å². The lowest BCUT2D eigenvalue weighted by atomic mass is 9.96. The average Bonchev–Trinajstić information content (AvgIpc) is 2.72. The standard InChI is InChI=1S/C11H19N3S2/c1-9-13-11(16-14-9)15-8-7-12-10-5-3-2-4-6-10/h10,12H,2-8H2,1H3. The predicted molar refractivity (Wildman–Crippen MR) is 70.2 cm³/mol. The molecule has 1 aliphatic carbocycles. The van der Waals surface area contributed by atoms with Crippen LogP contribution < -0.4 is 5.32 Å². The molecule has 0 atom stereocenters. The van der Waals surface area contributed by atoms with Crippen LogP contribution >= 0.6 is 23.3 Å². The van der Waals surface area contributed by atoms with Crippen molar-refractivity contribution in [2.24, 2.45) is 0 Å². The molecule has 1 aromatic heterocycles. The maximum absolute atomic E-state index is 4.34. The van der Waals surface area contributed by atoms with Crippen molar-refractivity contribution in [3.63, 3.8) is 0 Å². The predicted octanol–water partition coefficient (Wildman–Crippen LogP) is 2.86. The van der Waals surface area contributed by atoms with Gasteiger partial charge in [-0.2, -0.15) is 4.37 Å². The Hall–Kier alpha value is -0.130. The van der Waals surface area contributed by atoms with Crippen LogP contribution in [0.15, 0.2) is 4.34 Å². The Morgan fingerprint density at radius 1 is 1.38 bits per heavy atom. The molecule has 0 unspecified atom stereocenters. The molecule has 1 N–H and O–H groups in total. The summed E-state index contributed by atoms with van der Waals surface area (Å²) in [5, 5.41) is 3.63. The van der Waals surface area contributed by atoms with Crippen LogP contribution in [0.5, 0.6) is 0 Å². The molecule has 0 amide bonds. The lowest BCUT2D eigenvalue weighted by molar-refractivity contribution is 0.381. The Morgan fingerprint density at radius 2 is 2.19 bits per heavy atom. The zero-order chi connectivity index (χ0) is 11.2. The second-order valence-corrected chi connectivity index (χ2v) is 6.34. The van der Waals surface area contributed by atoms with E-state index in [1.807, 2.05) is 18.7 Å². The molecule has 16 heavy (non-hydrogen) atoms. The van der Waals surface area contributed by atoms with E-state index in [9.17, 15) is 0 Å². The average molecular weight is 257 g/mol. The van der Waals surface area contributed by atoms with Gasteiger partial charge in [0.25, 0.3) is 0 Å². The molecule has 1 heterocycles.